The molecule has 0 aliphatic carbocycles. The van der Waals surface area contributed by atoms with E-state index < -0.39 is 5.82 Å². The van der Waals surface area contributed by atoms with Gasteiger partial charge in [0.1, 0.15) is 11.5 Å². The van der Waals surface area contributed by atoms with E-state index in [1.165, 1.54) is 10.7 Å². The molecule has 0 unspecified atom stereocenters. The van der Waals surface area contributed by atoms with Gasteiger partial charge in [-0.15, -0.1) is 5.10 Å². The monoisotopic (exact) mass is 407 g/mol. The Morgan fingerprint density at radius 2 is 1.96 bits per heavy atom. The molecule has 0 saturated heterocycles. The van der Waals surface area contributed by atoms with Gasteiger partial charge in [-0.25, -0.2) is 4.39 Å². The standard InChI is InChI=1S/C15H11BrFN5OS/c16-10-5-7-11(8-6-10)18-14(23)9-24-15-19-20-21-22(15)13-4-2-1-3-12(13)17/h1-8H,9H2,(H,18,23). The number of aromatic nitrogens is 4. The molecule has 0 fully saturated rings. The Hall–Kier alpha value is -2.26. The molecule has 3 rings (SSSR count). The van der Waals surface area contributed by atoms with Crippen molar-refractivity contribution in [3.05, 3.63) is 58.8 Å². The van der Waals surface area contributed by atoms with Gasteiger partial charge in [-0.1, -0.05) is 39.8 Å². The maximum atomic E-state index is 13.8. The summed E-state index contributed by atoms with van der Waals surface area (Å²) in [6, 6.07) is 13.4. The van der Waals surface area contributed by atoms with Gasteiger partial charge in [0.15, 0.2) is 0 Å². The summed E-state index contributed by atoms with van der Waals surface area (Å²) in [5.74, 6) is -0.540. The lowest BCUT2D eigenvalue weighted by Crippen LogP contribution is -2.14. The Balaban J connectivity index is 1.65. The van der Waals surface area contributed by atoms with Crippen molar-refractivity contribution in [1.29, 1.82) is 0 Å². The molecular weight excluding hydrogens is 397 g/mol. The van der Waals surface area contributed by atoms with Gasteiger partial charge in [0.2, 0.25) is 11.1 Å². The molecule has 9 heteroatoms. The van der Waals surface area contributed by atoms with Crippen LogP contribution in [-0.4, -0.2) is 31.9 Å². The second-order valence-electron chi connectivity index (χ2n) is 4.67. The zero-order valence-electron chi connectivity index (χ0n) is 12.2. The molecule has 2 aromatic carbocycles. The van der Waals surface area contributed by atoms with E-state index in [9.17, 15) is 9.18 Å². The number of nitrogens with one attached hydrogen (secondary N) is 1. The van der Waals surface area contributed by atoms with Gasteiger partial charge in [-0.2, -0.15) is 4.68 Å². The van der Waals surface area contributed by atoms with Crippen molar-refractivity contribution in [3.63, 3.8) is 0 Å². The molecule has 1 amide bonds. The largest absolute Gasteiger partial charge is 0.325 e. The van der Waals surface area contributed by atoms with Gasteiger partial charge in [-0.3, -0.25) is 4.79 Å². The second-order valence-corrected chi connectivity index (χ2v) is 6.53. The van der Waals surface area contributed by atoms with Crippen molar-refractivity contribution in [2.75, 3.05) is 11.1 Å². The van der Waals surface area contributed by atoms with Crippen molar-refractivity contribution in [2.24, 2.45) is 0 Å². The molecule has 6 nitrogen and oxygen atoms in total. The molecule has 1 aromatic heterocycles. The van der Waals surface area contributed by atoms with Crippen LogP contribution in [0.3, 0.4) is 0 Å². The molecule has 1 N–H and O–H groups in total. The first-order valence-electron chi connectivity index (χ1n) is 6.85. The van der Waals surface area contributed by atoms with Crippen LogP contribution in [0.15, 0.2) is 58.2 Å². The lowest BCUT2D eigenvalue weighted by atomic mass is 10.3. The lowest BCUT2D eigenvalue weighted by molar-refractivity contribution is -0.113. The molecule has 1 heterocycles. The summed E-state index contributed by atoms with van der Waals surface area (Å²) in [4.78, 5) is 12.0. The van der Waals surface area contributed by atoms with E-state index in [-0.39, 0.29) is 17.3 Å². The number of rotatable bonds is 5. The van der Waals surface area contributed by atoms with Crippen molar-refractivity contribution in [1.82, 2.24) is 20.2 Å². The quantitative estimate of drug-likeness (QED) is 0.656. The van der Waals surface area contributed by atoms with Crippen molar-refractivity contribution < 1.29 is 9.18 Å². The van der Waals surface area contributed by atoms with Crippen LogP contribution in [0.5, 0.6) is 0 Å². The highest BCUT2D eigenvalue weighted by atomic mass is 79.9. The van der Waals surface area contributed by atoms with Gasteiger partial charge in [0.05, 0.1) is 5.75 Å². The summed E-state index contributed by atoms with van der Waals surface area (Å²) in [5, 5.41) is 14.3. The predicted octanol–water partition coefficient (Wildman–Crippen LogP) is 3.29. The van der Waals surface area contributed by atoms with Crippen molar-refractivity contribution >= 4 is 39.3 Å². The first kappa shape index (κ1) is 16.6. The molecule has 0 saturated carbocycles. The minimum Gasteiger partial charge on any atom is -0.325 e. The highest BCUT2D eigenvalue weighted by Gasteiger charge is 2.14. The van der Waals surface area contributed by atoms with Crippen LogP contribution in [0.1, 0.15) is 0 Å². The topological polar surface area (TPSA) is 72.7 Å². The average Bonchev–Trinajstić information content (AvgIpc) is 3.04. The number of nitrogens with zero attached hydrogens (tertiary/aromatic N) is 4. The van der Waals surface area contributed by atoms with E-state index in [1.807, 2.05) is 12.1 Å². The van der Waals surface area contributed by atoms with E-state index >= 15 is 0 Å². The highest BCUT2D eigenvalue weighted by Crippen LogP contribution is 2.20. The second kappa shape index (κ2) is 7.54. The Morgan fingerprint density at radius 3 is 2.71 bits per heavy atom. The van der Waals surface area contributed by atoms with Crippen LogP contribution < -0.4 is 5.32 Å². The third-order valence-electron chi connectivity index (χ3n) is 2.98. The zero-order chi connectivity index (χ0) is 16.9. The van der Waals surface area contributed by atoms with E-state index in [2.05, 4.69) is 36.8 Å². The van der Waals surface area contributed by atoms with Gasteiger partial charge >= 0.3 is 0 Å². The molecule has 24 heavy (non-hydrogen) atoms. The number of thioether (sulfide) groups is 1. The third-order valence-corrected chi connectivity index (χ3v) is 4.43. The van der Waals surface area contributed by atoms with Crippen LogP contribution in [0.25, 0.3) is 5.69 Å². The van der Waals surface area contributed by atoms with Gasteiger partial charge in [0.25, 0.3) is 0 Å². The number of amides is 1. The summed E-state index contributed by atoms with van der Waals surface area (Å²) in [6.45, 7) is 0. The summed E-state index contributed by atoms with van der Waals surface area (Å²) in [6.07, 6.45) is 0. The fourth-order valence-electron chi connectivity index (χ4n) is 1.90. The average molecular weight is 408 g/mol. The number of hydrogen-bond acceptors (Lipinski definition) is 5. The summed E-state index contributed by atoms with van der Waals surface area (Å²) < 4.78 is 16.0. The number of hydrogen-bond donors (Lipinski definition) is 1. The molecule has 0 radical (unpaired) electrons. The summed E-state index contributed by atoms with van der Waals surface area (Å²) >= 11 is 4.46. The van der Waals surface area contributed by atoms with E-state index in [4.69, 9.17) is 0 Å². The Labute approximate surface area is 149 Å². The number of carbonyl (C=O) groups is 1. The molecule has 0 spiro atoms. The fraction of sp³-hybridized carbons (Fsp3) is 0.0667. The minimum absolute atomic E-state index is 0.102. The van der Waals surface area contributed by atoms with E-state index in [1.54, 1.807) is 30.3 Å². The van der Waals surface area contributed by atoms with Crippen LogP contribution in [0.4, 0.5) is 10.1 Å². The smallest absolute Gasteiger partial charge is 0.234 e. The normalized spacial score (nSPS) is 10.6. The molecule has 0 aliphatic rings. The molecule has 0 aliphatic heterocycles. The van der Waals surface area contributed by atoms with Crippen molar-refractivity contribution in [2.45, 2.75) is 5.16 Å². The minimum atomic E-state index is -0.439. The highest BCUT2D eigenvalue weighted by molar-refractivity contribution is 9.10. The maximum Gasteiger partial charge on any atom is 0.234 e. The number of anilines is 1. The van der Waals surface area contributed by atoms with Crippen LogP contribution >= 0.6 is 27.7 Å². The molecule has 0 atom stereocenters. The lowest BCUT2D eigenvalue weighted by Gasteiger charge is -2.06. The van der Waals surface area contributed by atoms with Crippen LogP contribution in [0, 0.1) is 5.82 Å². The van der Waals surface area contributed by atoms with Crippen LogP contribution in [-0.2, 0) is 4.79 Å². The van der Waals surface area contributed by atoms with Gasteiger partial charge in [-0.05, 0) is 46.8 Å². The number of halogens is 2. The molecule has 0 bridgehead atoms. The number of tetrazole rings is 1. The van der Waals surface area contributed by atoms with Gasteiger partial charge in [0, 0.05) is 10.2 Å². The molecule has 122 valence electrons. The maximum absolute atomic E-state index is 13.8. The Morgan fingerprint density at radius 1 is 1.21 bits per heavy atom. The Kier molecular flexibility index (Phi) is 5.21. The number of para-hydroxylation sites is 1. The zero-order valence-corrected chi connectivity index (χ0v) is 14.6. The summed E-state index contributed by atoms with van der Waals surface area (Å²) in [5.41, 5.74) is 0.927. The first-order chi connectivity index (χ1) is 11.6. The predicted molar refractivity (Wildman–Crippen MR) is 92.6 cm³/mol. The number of carbonyl (C=O) groups excluding carboxylic acids is 1. The van der Waals surface area contributed by atoms with Gasteiger partial charge < -0.3 is 5.32 Å². The molecular formula is C15H11BrFN5OS. The van der Waals surface area contributed by atoms with E-state index in [0.29, 0.717) is 10.8 Å². The fourth-order valence-corrected chi connectivity index (χ4v) is 2.85. The van der Waals surface area contributed by atoms with Crippen LogP contribution in [0.2, 0.25) is 0 Å². The molecule has 3 aromatic rings. The van der Waals surface area contributed by atoms with E-state index in [0.717, 1.165) is 16.2 Å². The third kappa shape index (κ3) is 3.98. The Bertz CT molecular complexity index is 855. The SMILES string of the molecule is O=C(CSc1nnnn1-c1ccccc1F)Nc1ccc(Br)cc1. The van der Waals surface area contributed by atoms with Crippen molar-refractivity contribution in [3.8, 4) is 5.69 Å². The number of benzene rings is 2. The summed E-state index contributed by atoms with van der Waals surface area (Å²) in [7, 11) is 0. The first-order valence-corrected chi connectivity index (χ1v) is 8.63.